The minimum atomic E-state index is -0.270. The highest BCUT2D eigenvalue weighted by atomic mass is 16.6. The maximum atomic E-state index is 12.8. The Kier molecular flexibility index (Phi) is 5.23. The number of hydrogen-bond acceptors (Lipinski definition) is 5. The third kappa shape index (κ3) is 4.19. The number of benzene rings is 1. The fourth-order valence-corrected chi connectivity index (χ4v) is 2.71. The number of hydrogen-bond donors (Lipinski definition) is 0. The van der Waals surface area contributed by atoms with Crippen LogP contribution in [0.2, 0.25) is 0 Å². The summed E-state index contributed by atoms with van der Waals surface area (Å²) in [6.07, 6.45) is 2.51. The van der Waals surface area contributed by atoms with Crippen LogP contribution in [0.3, 0.4) is 0 Å². The molecule has 1 aromatic carbocycles. The van der Waals surface area contributed by atoms with Crippen molar-refractivity contribution in [3.05, 3.63) is 23.8 Å². The second kappa shape index (κ2) is 7.55. The van der Waals surface area contributed by atoms with Crippen LogP contribution in [-0.4, -0.2) is 49.7 Å². The molecule has 0 aromatic heterocycles. The Morgan fingerprint density at radius 1 is 1.21 bits per heavy atom. The fraction of sp³-hybridized carbons (Fsp3) is 0.556. The van der Waals surface area contributed by atoms with Crippen molar-refractivity contribution in [2.45, 2.75) is 26.2 Å². The molecule has 0 spiro atoms. The average molecular weight is 333 g/mol. The Hall–Kier alpha value is -2.24. The molecule has 1 saturated carbocycles. The summed E-state index contributed by atoms with van der Waals surface area (Å²) in [6, 6.07) is 5.24. The summed E-state index contributed by atoms with van der Waals surface area (Å²) < 4.78 is 16.0. The Labute approximate surface area is 141 Å². The number of carbonyl (C=O) groups is 2. The van der Waals surface area contributed by atoms with E-state index in [1.807, 2.05) is 0 Å². The van der Waals surface area contributed by atoms with E-state index in [2.05, 4.69) is 0 Å². The normalized spacial score (nSPS) is 15.7. The highest BCUT2D eigenvalue weighted by molar-refractivity contribution is 5.95. The second-order valence-electron chi connectivity index (χ2n) is 6.11. The first-order valence-electron chi connectivity index (χ1n) is 8.52. The Bertz CT molecular complexity index is 611. The summed E-state index contributed by atoms with van der Waals surface area (Å²) >= 11 is 0. The van der Waals surface area contributed by atoms with Gasteiger partial charge in [-0.05, 0) is 43.9 Å². The van der Waals surface area contributed by atoms with Gasteiger partial charge in [0.2, 0.25) is 0 Å². The number of carbonyl (C=O) groups excluding carboxylic acids is 2. The zero-order valence-corrected chi connectivity index (χ0v) is 14.0. The first kappa shape index (κ1) is 16.6. The lowest BCUT2D eigenvalue weighted by atomic mass is 10.1. The van der Waals surface area contributed by atoms with Crippen molar-refractivity contribution in [1.29, 1.82) is 0 Å². The van der Waals surface area contributed by atoms with E-state index in [1.165, 1.54) is 0 Å². The van der Waals surface area contributed by atoms with Crippen molar-refractivity contribution < 1.29 is 23.8 Å². The molecule has 0 saturated heterocycles. The standard InChI is InChI=1S/C18H23NO5/c1-2-22-17(20)7-8-19(12-13-3-4-13)18(21)14-5-6-15-16(11-14)24-10-9-23-15/h5-6,11,13H,2-4,7-10,12H2,1H3. The molecule has 1 aliphatic heterocycles. The van der Waals surface area contributed by atoms with Crippen molar-refractivity contribution in [3.63, 3.8) is 0 Å². The van der Waals surface area contributed by atoms with Crippen LogP contribution in [-0.2, 0) is 9.53 Å². The Morgan fingerprint density at radius 2 is 1.96 bits per heavy atom. The van der Waals surface area contributed by atoms with Gasteiger partial charge in [-0.15, -0.1) is 0 Å². The molecular weight excluding hydrogens is 310 g/mol. The van der Waals surface area contributed by atoms with E-state index in [0.717, 1.165) is 12.8 Å². The quantitative estimate of drug-likeness (QED) is 0.716. The second-order valence-corrected chi connectivity index (χ2v) is 6.11. The number of fused-ring (bicyclic) bond motifs is 1. The summed E-state index contributed by atoms with van der Waals surface area (Å²) in [5, 5.41) is 0. The van der Waals surface area contributed by atoms with E-state index in [1.54, 1.807) is 30.0 Å². The topological polar surface area (TPSA) is 65.1 Å². The summed E-state index contributed by atoms with van der Waals surface area (Å²) in [5.41, 5.74) is 0.559. The lowest BCUT2D eigenvalue weighted by Crippen LogP contribution is -2.35. The molecule has 0 unspecified atom stereocenters. The number of rotatable bonds is 7. The van der Waals surface area contributed by atoms with Gasteiger partial charge in [0.05, 0.1) is 13.0 Å². The van der Waals surface area contributed by atoms with E-state index in [0.29, 0.717) is 55.9 Å². The van der Waals surface area contributed by atoms with Crippen LogP contribution in [0.25, 0.3) is 0 Å². The van der Waals surface area contributed by atoms with Crippen LogP contribution >= 0.6 is 0 Å². The maximum Gasteiger partial charge on any atom is 0.307 e. The largest absolute Gasteiger partial charge is 0.486 e. The van der Waals surface area contributed by atoms with Gasteiger partial charge in [0.1, 0.15) is 13.2 Å². The SMILES string of the molecule is CCOC(=O)CCN(CC1CC1)C(=O)c1ccc2c(c1)OCCO2. The van der Waals surface area contributed by atoms with Gasteiger partial charge in [0.25, 0.3) is 5.91 Å². The Morgan fingerprint density at radius 3 is 2.67 bits per heavy atom. The van der Waals surface area contributed by atoms with Crippen LogP contribution in [0.1, 0.15) is 36.5 Å². The Balaban J connectivity index is 1.69. The molecule has 6 nitrogen and oxygen atoms in total. The number of amides is 1. The van der Waals surface area contributed by atoms with Gasteiger partial charge in [-0.1, -0.05) is 0 Å². The summed E-state index contributed by atoms with van der Waals surface area (Å²) in [6.45, 7) is 4.21. The van der Waals surface area contributed by atoms with Crippen molar-refractivity contribution in [1.82, 2.24) is 4.90 Å². The first-order valence-corrected chi connectivity index (χ1v) is 8.52. The van der Waals surface area contributed by atoms with E-state index in [9.17, 15) is 9.59 Å². The van der Waals surface area contributed by atoms with Crippen LogP contribution in [0, 0.1) is 5.92 Å². The van der Waals surface area contributed by atoms with Gasteiger partial charge in [-0.25, -0.2) is 0 Å². The minimum Gasteiger partial charge on any atom is -0.486 e. The average Bonchev–Trinajstić information content (AvgIpc) is 3.42. The highest BCUT2D eigenvalue weighted by Crippen LogP contribution is 2.33. The molecule has 0 N–H and O–H groups in total. The van der Waals surface area contributed by atoms with Gasteiger partial charge in [-0.3, -0.25) is 9.59 Å². The van der Waals surface area contributed by atoms with Gasteiger partial charge in [0, 0.05) is 18.7 Å². The molecule has 0 radical (unpaired) electrons. The van der Waals surface area contributed by atoms with Gasteiger partial charge >= 0.3 is 5.97 Å². The molecular formula is C18H23NO5. The molecule has 1 amide bonds. The van der Waals surface area contributed by atoms with Crippen molar-refractivity contribution in [2.75, 3.05) is 32.9 Å². The predicted octanol–water partition coefficient (Wildman–Crippen LogP) is 2.26. The molecule has 130 valence electrons. The van der Waals surface area contributed by atoms with Gasteiger partial charge in [0.15, 0.2) is 11.5 Å². The van der Waals surface area contributed by atoms with Crippen molar-refractivity contribution in [2.24, 2.45) is 5.92 Å². The summed E-state index contributed by atoms with van der Waals surface area (Å²) in [4.78, 5) is 26.2. The third-order valence-electron chi connectivity index (χ3n) is 4.14. The first-order chi connectivity index (χ1) is 11.7. The molecule has 1 fully saturated rings. The predicted molar refractivity (Wildman–Crippen MR) is 87.3 cm³/mol. The smallest absolute Gasteiger partial charge is 0.307 e. The summed E-state index contributed by atoms with van der Waals surface area (Å²) in [7, 11) is 0. The van der Waals surface area contributed by atoms with Crippen molar-refractivity contribution in [3.8, 4) is 11.5 Å². The zero-order valence-electron chi connectivity index (χ0n) is 14.0. The maximum absolute atomic E-state index is 12.8. The van der Waals surface area contributed by atoms with Crippen LogP contribution < -0.4 is 9.47 Å². The van der Waals surface area contributed by atoms with E-state index >= 15 is 0 Å². The number of ether oxygens (including phenoxy) is 3. The molecule has 1 heterocycles. The molecule has 6 heteroatoms. The van der Waals surface area contributed by atoms with E-state index in [4.69, 9.17) is 14.2 Å². The van der Waals surface area contributed by atoms with E-state index in [-0.39, 0.29) is 18.3 Å². The molecule has 2 aliphatic rings. The molecule has 1 aromatic rings. The lowest BCUT2D eigenvalue weighted by Gasteiger charge is -2.24. The van der Waals surface area contributed by atoms with Crippen LogP contribution in [0.5, 0.6) is 11.5 Å². The third-order valence-corrected chi connectivity index (χ3v) is 4.14. The molecule has 24 heavy (non-hydrogen) atoms. The number of nitrogens with zero attached hydrogens (tertiary/aromatic N) is 1. The van der Waals surface area contributed by atoms with Crippen LogP contribution in [0.15, 0.2) is 18.2 Å². The molecule has 0 atom stereocenters. The van der Waals surface area contributed by atoms with Crippen LogP contribution in [0.4, 0.5) is 0 Å². The number of esters is 1. The lowest BCUT2D eigenvalue weighted by molar-refractivity contribution is -0.143. The highest BCUT2D eigenvalue weighted by Gasteiger charge is 2.28. The van der Waals surface area contributed by atoms with Gasteiger partial charge in [-0.2, -0.15) is 0 Å². The fourth-order valence-electron chi connectivity index (χ4n) is 2.71. The minimum absolute atomic E-state index is 0.0804. The zero-order chi connectivity index (χ0) is 16.9. The molecule has 0 bridgehead atoms. The van der Waals surface area contributed by atoms with E-state index < -0.39 is 0 Å². The van der Waals surface area contributed by atoms with Crippen molar-refractivity contribution >= 4 is 11.9 Å². The molecule has 1 aliphatic carbocycles. The summed E-state index contributed by atoms with van der Waals surface area (Å²) in [5.74, 6) is 1.46. The monoisotopic (exact) mass is 333 g/mol. The van der Waals surface area contributed by atoms with Gasteiger partial charge < -0.3 is 19.1 Å². The molecule has 3 rings (SSSR count).